The van der Waals surface area contributed by atoms with Crippen LogP contribution in [0.3, 0.4) is 0 Å². The zero-order valence-electron chi connectivity index (χ0n) is 11.2. The molecule has 20 heavy (non-hydrogen) atoms. The largest absolute Gasteiger partial charge is 0.381 e. The number of ether oxygens (including phenoxy) is 1. The molecule has 6 nitrogen and oxygen atoms in total. The Balaban J connectivity index is 1.71. The van der Waals surface area contributed by atoms with Gasteiger partial charge in [0.1, 0.15) is 5.82 Å². The topological polar surface area (TPSA) is 64.9 Å². The van der Waals surface area contributed by atoms with Gasteiger partial charge in [0.15, 0.2) is 5.82 Å². The highest BCUT2D eigenvalue weighted by Crippen LogP contribution is 2.29. The molecule has 2 unspecified atom stereocenters. The monoisotopic (exact) mass is 271 g/mol. The average molecular weight is 271 g/mol. The number of rotatable bonds is 2. The first-order valence-electron chi connectivity index (χ1n) is 7.07. The second-order valence-electron chi connectivity index (χ2n) is 5.30. The van der Waals surface area contributed by atoms with Gasteiger partial charge in [-0.15, -0.1) is 10.2 Å². The number of nitrogens with zero attached hydrogens (tertiary/aromatic N) is 4. The Bertz CT molecular complexity index is 591. The summed E-state index contributed by atoms with van der Waals surface area (Å²) in [6.45, 7) is 3.46. The third-order valence-corrected chi connectivity index (χ3v) is 4.08. The van der Waals surface area contributed by atoms with E-state index >= 15 is 0 Å². The summed E-state index contributed by atoms with van der Waals surface area (Å²) in [6.07, 6.45) is 4.68. The lowest BCUT2D eigenvalue weighted by Gasteiger charge is -2.26. The molecule has 4 heterocycles. The molecule has 2 aromatic heterocycles. The molecule has 0 radical (unpaired) electrons. The van der Waals surface area contributed by atoms with Crippen LogP contribution in [0, 0.1) is 0 Å². The lowest BCUT2D eigenvalue weighted by atomic mass is 10.1. The Labute approximate surface area is 117 Å². The van der Waals surface area contributed by atoms with Gasteiger partial charge in [-0.1, -0.05) is 0 Å². The summed E-state index contributed by atoms with van der Waals surface area (Å²) in [4.78, 5) is 4.08. The molecule has 0 bridgehead atoms. The summed E-state index contributed by atoms with van der Waals surface area (Å²) in [5.41, 5.74) is 1.18. The van der Waals surface area contributed by atoms with Crippen molar-refractivity contribution in [3.63, 3.8) is 0 Å². The Morgan fingerprint density at radius 2 is 2.05 bits per heavy atom. The molecule has 2 atom stereocenters. The maximum Gasteiger partial charge on any atom is 0.154 e. The first kappa shape index (κ1) is 12.0. The van der Waals surface area contributed by atoms with E-state index in [1.807, 2.05) is 24.5 Å². The van der Waals surface area contributed by atoms with Crippen molar-refractivity contribution in [1.82, 2.24) is 25.1 Å². The second-order valence-corrected chi connectivity index (χ2v) is 5.30. The van der Waals surface area contributed by atoms with Crippen LogP contribution in [0.1, 0.15) is 35.6 Å². The quantitative estimate of drug-likeness (QED) is 0.878. The van der Waals surface area contributed by atoms with Crippen LogP contribution in [0.15, 0.2) is 24.5 Å². The van der Waals surface area contributed by atoms with Crippen LogP contribution in [0.2, 0.25) is 0 Å². The number of fused-ring (bicyclic) bond motifs is 1. The van der Waals surface area contributed by atoms with Crippen molar-refractivity contribution >= 4 is 0 Å². The van der Waals surface area contributed by atoms with Crippen molar-refractivity contribution in [3.8, 4) is 0 Å². The summed E-state index contributed by atoms with van der Waals surface area (Å²) in [5, 5.41) is 12.4. The average Bonchev–Trinajstić information content (AvgIpc) is 3.16. The van der Waals surface area contributed by atoms with E-state index in [0.29, 0.717) is 5.92 Å². The Kier molecular flexibility index (Phi) is 2.97. The fourth-order valence-corrected chi connectivity index (χ4v) is 3.05. The Hall–Kier alpha value is -1.79. The molecule has 0 spiro atoms. The molecule has 0 saturated carbocycles. The highest BCUT2D eigenvalue weighted by atomic mass is 16.5. The normalized spacial score (nSPS) is 25.6. The molecule has 0 amide bonds. The van der Waals surface area contributed by atoms with E-state index in [4.69, 9.17) is 4.74 Å². The predicted octanol–water partition coefficient (Wildman–Crippen LogP) is 0.870. The van der Waals surface area contributed by atoms with Gasteiger partial charge in [-0.2, -0.15) is 0 Å². The fourth-order valence-electron chi connectivity index (χ4n) is 3.05. The van der Waals surface area contributed by atoms with Crippen LogP contribution in [0.5, 0.6) is 0 Å². The fraction of sp³-hybridized carbons (Fsp3) is 0.500. The number of nitrogens with one attached hydrogen (secondary N) is 1. The summed E-state index contributed by atoms with van der Waals surface area (Å²) >= 11 is 0. The maximum atomic E-state index is 5.48. The van der Waals surface area contributed by atoms with E-state index in [1.54, 1.807) is 0 Å². The van der Waals surface area contributed by atoms with Crippen LogP contribution < -0.4 is 5.32 Å². The van der Waals surface area contributed by atoms with Crippen LogP contribution >= 0.6 is 0 Å². The summed E-state index contributed by atoms with van der Waals surface area (Å²) in [5.74, 6) is 2.48. The first-order chi connectivity index (χ1) is 9.93. The molecule has 2 aliphatic heterocycles. The number of aromatic nitrogens is 4. The third-order valence-electron chi connectivity index (χ3n) is 4.08. The molecule has 2 aliphatic rings. The summed E-state index contributed by atoms with van der Waals surface area (Å²) in [6, 6.07) is 4.16. The van der Waals surface area contributed by atoms with E-state index in [9.17, 15) is 0 Å². The molecule has 0 aromatic carbocycles. The highest BCUT2D eigenvalue weighted by molar-refractivity contribution is 5.24. The van der Waals surface area contributed by atoms with Gasteiger partial charge < -0.3 is 14.6 Å². The van der Waals surface area contributed by atoms with Crippen molar-refractivity contribution in [2.75, 3.05) is 19.8 Å². The molecule has 1 saturated heterocycles. The Morgan fingerprint density at radius 1 is 1.20 bits per heavy atom. The van der Waals surface area contributed by atoms with Crippen LogP contribution in [-0.2, 0) is 11.3 Å². The van der Waals surface area contributed by atoms with Gasteiger partial charge in [-0.05, 0) is 24.1 Å². The van der Waals surface area contributed by atoms with Crippen LogP contribution in [0.25, 0.3) is 0 Å². The zero-order valence-corrected chi connectivity index (χ0v) is 11.2. The maximum absolute atomic E-state index is 5.48. The van der Waals surface area contributed by atoms with Crippen molar-refractivity contribution in [2.24, 2.45) is 0 Å². The van der Waals surface area contributed by atoms with Gasteiger partial charge in [0.05, 0.1) is 12.6 Å². The molecule has 0 aliphatic carbocycles. The van der Waals surface area contributed by atoms with E-state index in [1.165, 1.54) is 5.56 Å². The van der Waals surface area contributed by atoms with Crippen molar-refractivity contribution in [3.05, 3.63) is 41.7 Å². The molecule has 1 fully saturated rings. The Morgan fingerprint density at radius 3 is 2.85 bits per heavy atom. The van der Waals surface area contributed by atoms with Gasteiger partial charge in [0, 0.05) is 38.0 Å². The number of pyridine rings is 1. The second kappa shape index (κ2) is 4.96. The van der Waals surface area contributed by atoms with E-state index in [2.05, 4.69) is 25.1 Å². The molecule has 1 N–H and O–H groups in total. The molecule has 2 aromatic rings. The minimum Gasteiger partial charge on any atom is -0.381 e. The van der Waals surface area contributed by atoms with Crippen molar-refractivity contribution < 1.29 is 4.74 Å². The van der Waals surface area contributed by atoms with Gasteiger partial charge in [-0.25, -0.2) is 0 Å². The molecular weight excluding hydrogens is 254 g/mol. The lowest BCUT2D eigenvalue weighted by Crippen LogP contribution is -2.35. The first-order valence-corrected chi connectivity index (χ1v) is 7.07. The molecule has 4 rings (SSSR count). The van der Waals surface area contributed by atoms with Gasteiger partial charge in [-0.3, -0.25) is 4.98 Å². The van der Waals surface area contributed by atoms with Crippen LogP contribution in [-0.4, -0.2) is 39.5 Å². The number of hydrogen-bond acceptors (Lipinski definition) is 5. The summed E-state index contributed by atoms with van der Waals surface area (Å²) in [7, 11) is 0. The highest BCUT2D eigenvalue weighted by Gasteiger charge is 2.30. The summed E-state index contributed by atoms with van der Waals surface area (Å²) < 4.78 is 7.74. The van der Waals surface area contributed by atoms with Crippen LogP contribution in [0.4, 0.5) is 0 Å². The van der Waals surface area contributed by atoms with E-state index < -0.39 is 0 Å². The standard InChI is InChI=1S/C14H17N5O/c1-4-15-5-2-10(1)12-14-18-17-13(11-3-8-20-9-11)19(14)7-6-16-12/h1-2,4-5,11-12,16H,3,6-9H2. The van der Waals surface area contributed by atoms with Gasteiger partial charge in [0.25, 0.3) is 0 Å². The SMILES string of the molecule is c1cc(C2NCCn3c(C4CCOC4)nnc32)ccn1. The lowest BCUT2D eigenvalue weighted by molar-refractivity contribution is 0.192. The van der Waals surface area contributed by atoms with Crippen molar-refractivity contribution in [1.29, 1.82) is 0 Å². The smallest absolute Gasteiger partial charge is 0.154 e. The molecular formula is C14H17N5O. The van der Waals surface area contributed by atoms with E-state index in [-0.39, 0.29) is 6.04 Å². The van der Waals surface area contributed by atoms with Crippen molar-refractivity contribution in [2.45, 2.75) is 24.9 Å². The third kappa shape index (κ3) is 1.92. The predicted molar refractivity (Wildman–Crippen MR) is 72.3 cm³/mol. The van der Waals surface area contributed by atoms with Gasteiger partial charge in [0.2, 0.25) is 0 Å². The van der Waals surface area contributed by atoms with E-state index in [0.717, 1.165) is 44.4 Å². The number of hydrogen-bond donors (Lipinski definition) is 1. The zero-order chi connectivity index (χ0) is 13.4. The minimum absolute atomic E-state index is 0.107. The molecule has 6 heteroatoms. The molecule has 104 valence electrons. The van der Waals surface area contributed by atoms with Gasteiger partial charge >= 0.3 is 0 Å². The minimum atomic E-state index is 0.107.